The van der Waals surface area contributed by atoms with E-state index in [-0.39, 0.29) is 0 Å². The first-order valence-electron chi connectivity index (χ1n) is 9.15. The van der Waals surface area contributed by atoms with E-state index in [4.69, 9.17) is 0 Å². The standard InChI is InChI=1S/C18H35NO2/c1-2-3-4-5-6-7-8-9-10-11-13-18(17(20)21)14-12-15-19-16-18/h19H,2-16H2,1H3,(H,20,21). The van der Waals surface area contributed by atoms with Gasteiger partial charge in [0.15, 0.2) is 0 Å². The van der Waals surface area contributed by atoms with Crippen molar-refractivity contribution in [2.45, 2.75) is 90.4 Å². The van der Waals surface area contributed by atoms with Crippen LogP contribution in [0.25, 0.3) is 0 Å². The Bertz CT molecular complexity index is 272. The van der Waals surface area contributed by atoms with Crippen LogP contribution in [0.15, 0.2) is 0 Å². The van der Waals surface area contributed by atoms with Crippen molar-refractivity contribution in [2.24, 2.45) is 5.41 Å². The lowest BCUT2D eigenvalue weighted by Gasteiger charge is -2.33. The SMILES string of the molecule is CCCCCCCCCCCCC1(C(=O)O)CCCNC1. The number of carboxylic acid groups (broad SMARTS) is 1. The van der Waals surface area contributed by atoms with Gasteiger partial charge in [0.1, 0.15) is 0 Å². The number of nitrogens with one attached hydrogen (secondary N) is 1. The minimum atomic E-state index is -0.592. The van der Waals surface area contributed by atoms with Gasteiger partial charge in [-0.15, -0.1) is 0 Å². The first-order chi connectivity index (χ1) is 10.2. The summed E-state index contributed by atoms with van der Waals surface area (Å²) >= 11 is 0. The van der Waals surface area contributed by atoms with Crippen LogP contribution in [0.5, 0.6) is 0 Å². The van der Waals surface area contributed by atoms with E-state index in [9.17, 15) is 9.90 Å². The van der Waals surface area contributed by atoms with Gasteiger partial charge >= 0.3 is 5.97 Å². The summed E-state index contributed by atoms with van der Waals surface area (Å²) in [5.41, 5.74) is -0.474. The van der Waals surface area contributed by atoms with Gasteiger partial charge in [0.2, 0.25) is 0 Å². The summed E-state index contributed by atoms with van der Waals surface area (Å²) in [6.07, 6.45) is 15.8. The highest BCUT2D eigenvalue weighted by atomic mass is 16.4. The van der Waals surface area contributed by atoms with Crippen molar-refractivity contribution < 1.29 is 9.90 Å². The Morgan fingerprint density at radius 2 is 1.57 bits per heavy atom. The summed E-state index contributed by atoms with van der Waals surface area (Å²) in [6, 6.07) is 0. The van der Waals surface area contributed by atoms with Gasteiger partial charge in [-0.05, 0) is 25.8 Å². The number of piperidine rings is 1. The maximum atomic E-state index is 11.5. The second kappa shape index (κ2) is 11.1. The second-order valence-corrected chi connectivity index (χ2v) is 6.80. The molecule has 3 nitrogen and oxygen atoms in total. The van der Waals surface area contributed by atoms with Crippen molar-refractivity contribution in [2.75, 3.05) is 13.1 Å². The normalized spacial score (nSPS) is 22.3. The molecule has 1 atom stereocenters. The molecule has 1 saturated heterocycles. The Labute approximate surface area is 130 Å². The van der Waals surface area contributed by atoms with Crippen molar-refractivity contribution in [1.29, 1.82) is 0 Å². The molecule has 21 heavy (non-hydrogen) atoms. The van der Waals surface area contributed by atoms with Crippen molar-refractivity contribution in [3.05, 3.63) is 0 Å². The molecule has 0 bridgehead atoms. The van der Waals surface area contributed by atoms with Gasteiger partial charge in [-0.1, -0.05) is 71.1 Å². The molecule has 1 unspecified atom stereocenters. The number of hydrogen-bond donors (Lipinski definition) is 2. The predicted molar refractivity (Wildman–Crippen MR) is 88.6 cm³/mol. The van der Waals surface area contributed by atoms with E-state index in [0.29, 0.717) is 6.54 Å². The molecular weight excluding hydrogens is 262 g/mol. The van der Waals surface area contributed by atoms with Crippen molar-refractivity contribution >= 4 is 5.97 Å². The summed E-state index contributed by atoms with van der Waals surface area (Å²) in [5, 5.41) is 12.8. The summed E-state index contributed by atoms with van der Waals surface area (Å²) in [4.78, 5) is 11.5. The molecule has 2 N–H and O–H groups in total. The van der Waals surface area contributed by atoms with Crippen LogP contribution in [0.1, 0.15) is 90.4 Å². The number of aliphatic carboxylic acids is 1. The van der Waals surface area contributed by atoms with Crippen LogP contribution in [-0.4, -0.2) is 24.2 Å². The lowest BCUT2D eigenvalue weighted by atomic mass is 9.76. The second-order valence-electron chi connectivity index (χ2n) is 6.80. The topological polar surface area (TPSA) is 49.3 Å². The fraction of sp³-hybridized carbons (Fsp3) is 0.944. The van der Waals surface area contributed by atoms with E-state index in [1.54, 1.807) is 0 Å². The van der Waals surface area contributed by atoms with Crippen LogP contribution < -0.4 is 5.32 Å². The lowest BCUT2D eigenvalue weighted by Crippen LogP contribution is -2.45. The molecule has 0 saturated carbocycles. The minimum absolute atomic E-state index is 0.474. The molecule has 1 heterocycles. The minimum Gasteiger partial charge on any atom is -0.481 e. The third-order valence-corrected chi connectivity index (χ3v) is 4.93. The summed E-state index contributed by atoms with van der Waals surface area (Å²) in [5.74, 6) is -0.592. The molecule has 0 aromatic heterocycles. The maximum absolute atomic E-state index is 11.5. The lowest BCUT2D eigenvalue weighted by molar-refractivity contribution is -0.150. The highest BCUT2D eigenvalue weighted by Crippen LogP contribution is 2.32. The van der Waals surface area contributed by atoms with Crippen LogP contribution in [0.2, 0.25) is 0 Å². The number of unbranched alkanes of at least 4 members (excludes halogenated alkanes) is 9. The van der Waals surface area contributed by atoms with E-state index in [0.717, 1.165) is 32.2 Å². The largest absolute Gasteiger partial charge is 0.481 e. The van der Waals surface area contributed by atoms with Crippen molar-refractivity contribution in [3.8, 4) is 0 Å². The zero-order valence-electron chi connectivity index (χ0n) is 14.0. The van der Waals surface area contributed by atoms with Gasteiger partial charge in [0.05, 0.1) is 5.41 Å². The molecule has 1 aliphatic heterocycles. The molecule has 1 fully saturated rings. The first kappa shape index (κ1) is 18.5. The van der Waals surface area contributed by atoms with Crippen LogP contribution in [0.3, 0.4) is 0 Å². The van der Waals surface area contributed by atoms with Crippen LogP contribution in [-0.2, 0) is 4.79 Å². The van der Waals surface area contributed by atoms with Gasteiger partial charge in [-0.2, -0.15) is 0 Å². The Morgan fingerprint density at radius 1 is 1.00 bits per heavy atom. The van der Waals surface area contributed by atoms with E-state index >= 15 is 0 Å². The van der Waals surface area contributed by atoms with Gasteiger partial charge in [0, 0.05) is 6.54 Å². The quantitative estimate of drug-likeness (QED) is 0.511. The molecule has 1 rings (SSSR count). The molecule has 0 aromatic carbocycles. The van der Waals surface area contributed by atoms with Crippen LogP contribution in [0.4, 0.5) is 0 Å². The number of carboxylic acids is 1. The zero-order valence-corrected chi connectivity index (χ0v) is 14.0. The summed E-state index contributed by atoms with van der Waals surface area (Å²) < 4.78 is 0. The van der Waals surface area contributed by atoms with E-state index in [1.807, 2.05) is 0 Å². The van der Waals surface area contributed by atoms with Crippen molar-refractivity contribution in [3.63, 3.8) is 0 Å². The number of rotatable bonds is 12. The van der Waals surface area contributed by atoms with E-state index in [2.05, 4.69) is 12.2 Å². The fourth-order valence-electron chi connectivity index (χ4n) is 3.42. The molecular formula is C18H35NO2. The fourth-order valence-corrected chi connectivity index (χ4v) is 3.42. The molecule has 124 valence electrons. The number of carbonyl (C=O) groups is 1. The van der Waals surface area contributed by atoms with E-state index in [1.165, 1.54) is 57.8 Å². The average Bonchev–Trinajstić information content (AvgIpc) is 2.50. The predicted octanol–water partition coefficient (Wildman–Crippen LogP) is 4.75. The Morgan fingerprint density at radius 3 is 2.05 bits per heavy atom. The highest BCUT2D eigenvalue weighted by Gasteiger charge is 2.38. The number of hydrogen-bond acceptors (Lipinski definition) is 2. The van der Waals surface area contributed by atoms with E-state index < -0.39 is 11.4 Å². The first-order valence-corrected chi connectivity index (χ1v) is 9.15. The Hall–Kier alpha value is -0.570. The van der Waals surface area contributed by atoms with Gasteiger partial charge in [-0.25, -0.2) is 0 Å². The molecule has 0 amide bonds. The monoisotopic (exact) mass is 297 g/mol. The zero-order chi connectivity index (χ0) is 15.4. The third-order valence-electron chi connectivity index (χ3n) is 4.93. The van der Waals surface area contributed by atoms with Gasteiger partial charge in [0.25, 0.3) is 0 Å². The Balaban J connectivity index is 2.01. The molecule has 0 spiro atoms. The molecule has 3 heteroatoms. The van der Waals surface area contributed by atoms with Crippen LogP contribution >= 0.6 is 0 Å². The Kier molecular flexibility index (Phi) is 9.73. The van der Waals surface area contributed by atoms with Crippen molar-refractivity contribution in [1.82, 2.24) is 5.32 Å². The molecule has 0 aromatic rings. The van der Waals surface area contributed by atoms with Gasteiger partial charge in [-0.3, -0.25) is 4.79 Å². The molecule has 0 radical (unpaired) electrons. The van der Waals surface area contributed by atoms with Crippen LogP contribution in [0, 0.1) is 5.41 Å². The third kappa shape index (κ3) is 7.30. The summed E-state index contributed by atoms with van der Waals surface area (Å²) in [7, 11) is 0. The summed E-state index contributed by atoms with van der Waals surface area (Å²) in [6.45, 7) is 3.90. The average molecular weight is 297 g/mol. The highest BCUT2D eigenvalue weighted by molar-refractivity contribution is 5.75. The molecule has 0 aliphatic carbocycles. The smallest absolute Gasteiger partial charge is 0.310 e. The molecule has 1 aliphatic rings. The maximum Gasteiger partial charge on any atom is 0.310 e. The van der Waals surface area contributed by atoms with Gasteiger partial charge < -0.3 is 10.4 Å².